The van der Waals surface area contributed by atoms with Crippen molar-refractivity contribution in [1.29, 1.82) is 0 Å². The van der Waals surface area contributed by atoms with E-state index in [1.165, 1.54) is 33.5 Å². The molecule has 0 bridgehead atoms. The highest BCUT2D eigenvalue weighted by Gasteiger charge is 2.15. The van der Waals surface area contributed by atoms with Crippen molar-refractivity contribution in [3.8, 4) is 11.3 Å². The standard InChI is InChI=1S/C16H23N3/c1-10-7-12(3)14(8-11(10)2)16-13(4)15(9-17-5)18-19(16)6/h7-8,17H,9H2,1-6H3. The molecular formula is C16H23N3. The average Bonchev–Trinajstić information content (AvgIpc) is 2.61. The molecule has 0 aliphatic carbocycles. The predicted molar refractivity (Wildman–Crippen MR) is 80.4 cm³/mol. The molecule has 1 aromatic heterocycles. The quantitative estimate of drug-likeness (QED) is 0.916. The van der Waals surface area contributed by atoms with E-state index in [-0.39, 0.29) is 0 Å². The summed E-state index contributed by atoms with van der Waals surface area (Å²) in [5, 5.41) is 7.80. The topological polar surface area (TPSA) is 29.9 Å². The van der Waals surface area contributed by atoms with E-state index in [9.17, 15) is 0 Å². The van der Waals surface area contributed by atoms with Crippen LogP contribution in [0.15, 0.2) is 12.1 Å². The van der Waals surface area contributed by atoms with Gasteiger partial charge in [-0.25, -0.2) is 0 Å². The van der Waals surface area contributed by atoms with Gasteiger partial charge in [-0.3, -0.25) is 4.68 Å². The third-order valence-electron chi connectivity index (χ3n) is 3.82. The fourth-order valence-electron chi connectivity index (χ4n) is 2.61. The highest BCUT2D eigenvalue weighted by molar-refractivity contribution is 5.69. The lowest BCUT2D eigenvalue weighted by atomic mass is 9.96. The molecule has 0 unspecified atom stereocenters. The summed E-state index contributed by atoms with van der Waals surface area (Å²) in [7, 11) is 3.98. The van der Waals surface area contributed by atoms with E-state index >= 15 is 0 Å². The van der Waals surface area contributed by atoms with E-state index in [1.54, 1.807) is 0 Å². The molecule has 0 aliphatic heterocycles. The third-order valence-corrected chi connectivity index (χ3v) is 3.82. The summed E-state index contributed by atoms with van der Waals surface area (Å²) in [6, 6.07) is 4.53. The number of hydrogen-bond donors (Lipinski definition) is 1. The van der Waals surface area contributed by atoms with Crippen LogP contribution in [0.1, 0.15) is 27.9 Å². The number of aryl methyl sites for hydroxylation is 4. The van der Waals surface area contributed by atoms with Gasteiger partial charge >= 0.3 is 0 Å². The van der Waals surface area contributed by atoms with Gasteiger partial charge in [-0.15, -0.1) is 0 Å². The van der Waals surface area contributed by atoms with Crippen molar-refractivity contribution in [1.82, 2.24) is 15.1 Å². The summed E-state index contributed by atoms with van der Waals surface area (Å²) >= 11 is 0. The van der Waals surface area contributed by atoms with Gasteiger partial charge in [-0.2, -0.15) is 5.10 Å². The first-order chi connectivity index (χ1) is 8.95. The molecule has 3 nitrogen and oxygen atoms in total. The normalized spacial score (nSPS) is 11.1. The van der Waals surface area contributed by atoms with Crippen LogP contribution in [0.2, 0.25) is 0 Å². The van der Waals surface area contributed by atoms with Crippen molar-refractivity contribution >= 4 is 0 Å². The first-order valence-electron chi connectivity index (χ1n) is 6.71. The van der Waals surface area contributed by atoms with Crippen LogP contribution in [-0.2, 0) is 13.6 Å². The van der Waals surface area contributed by atoms with Crippen LogP contribution in [0.25, 0.3) is 11.3 Å². The molecule has 0 atom stereocenters. The summed E-state index contributed by atoms with van der Waals surface area (Å²) in [6.07, 6.45) is 0. The van der Waals surface area contributed by atoms with Gasteiger partial charge in [0.05, 0.1) is 11.4 Å². The second-order valence-electron chi connectivity index (χ2n) is 5.33. The Labute approximate surface area is 115 Å². The summed E-state index contributed by atoms with van der Waals surface area (Å²) in [6.45, 7) is 9.46. The van der Waals surface area contributed by atoms with E-state index < -0.39 is 0 Å². The minimum absolute atomic E-state index is 0.809. The Hall–Kier alpha value is -1.61. The number of aromatic nitrogens is 2. The first kappa shape index (κ1) is 13.8. The van der Waals surface area contributed by atoms with Gasteiger partial charge in [0.1, 0.15) is 0 Å². The predicted octanol–water partition coefficient (Wildman–Crippen LogP) is 3.04. The monoisotopic (exact) mass is 257 g/mol. The maximum absolute atomic E-state index is 4.62. The van der Waals surface area contributed by atoms with Crippen LogP contribution < -0.4 is 5.32 Å². The molecule has 0 fully saturated rings. The molecule has 3 heteroatoms. The number of benzene rings is 1. The highest BCUT2D eigenvalue weighted by atomic mass is 15.3. The minimum atomic E-state index is 0.809. The van der Waals surface area contributed by atoms with Gasteiger partial charge in [0, 0.05) is 19.2 Å². The molecule has 2 aromatic rings. The van der Waals surface area contributed by atoms with Crippen molar-refractivity contribution in [2.24, 2.45) is 7.05 Å². The van der Waals surface area contributed by atoms with E-state index in [2.05, 4.69) is 50.2 Å². The minimum Gasteiger partial charge on any atom is -0.314 e. The Morgan fingerprint density at radius 1 is 1.05 bits per heavy atom. The number of nitrogens with one attached hydrogen (secondary N) is 1. The second-order valence-corrected chi connectivity index (χ2v) is 5.33. The van der Waals surface area contributed by atoms with E-state index in [1.807, 2.05) is 18.8 Å². The molecule has 1 aromatic carbocycles. The van der Waals surface area contributed by atoms with Crippen LogP contribution >= 0.6 is 0 Å². The maximum Gasteiger partial charge on any atom is 0.0797 e. The molecule has 0 saturated heterocycles. The molecule has 2 rings (SSSR count). The molecule has 19 heavy (non-hydrogen) atoms. The zero-order chi connectivity index (χ0) is 14.2. The molecule has 1 heterocycles. The average molecular weight is 257 g/mol. The zero-order valence-corrected chi connectivity index (χ0v) is 12.8. The molecule has 0 saturated carbocycles. The van der Waals surface area contributed by atoms with Crippen LogP contribution in [-0.4, -0.2) is 16.8 Å². The summed E-state index contributed by atoms with van der Waals surface area (Å²) in [5.41, 5.74) is 8.89. The van der Waals surface area contributed by atoms with Gasteiger partial charge < -0.3 is 5.32 Å². The third kappa shape index (κ3) is 2.43. The fourth-order valence-corrected chi connectivity index (χ4v) is 2.61. The SMILES string of the molecule is CNCc1nn(C)c(-c2cc(C)c(C)cc2C)c1C. The Morgan fingerprint density at radius 2 is 1.68 bits per heavy atom. The van der Waals surface area contributed by atoms with Gasteiger partial charge in [0.15, 0.2) is 0 Å². The van der Waals surface area contributed by atoms with Gasteiger partial charge in [0.2, 0.25) is 0 Å². The number of nitrogens with zero attached hydrogens (tertiary/aromatic N) is 2. The summed E-state index contributed by atoms with van der Waals surface area (Å²) in [5.74, 6) is 0. The Bertz CT molecular complexity index is 609. The van der Waals surface area contributed by atoms with Crippen LogP contribution in [0.4, 0.5) is 0 Å². The molecule has 102 valence electrons. The second kappa shape index (κ2) is 5.17. The summed E-state index contributed by atoms with van der Waals surface area (Å²) in [4.78, 5) is 0. The molecule has 0 aliphatic rings. The van der Waals surface area contributed by atoms with Gasteiger partial charge in [-0.1, -0.05) is 6.07 Å². The zero-order valence-electron chi connectivity index (χ0n) is 12.8. The maximum atomic E-state index is 4.62. The molecule has 1 N–H and O–H groups in total. The van der Waals surface area contributed by atoms with E-state index in [4.69, 9.17) is 0 Å². The number of rotatable bonds is 3. The lowest BCUT2D eigenvalue weighted by Gasteiger charge is -2.11. The van der Waals surface area contributed by atoms with Crippen molar-refractivity contribution in [3.63, 3.8) is 0 Å². The Kier molecular flexibility index (Phi) is 3.76. The van der Waals surface area contributed by atoms with Crippen molar-refractivity contribution in [2.75, 3.05) is 7.05 Å². The molecule has 0 radical (unpaired) electrons. The first-order valence-corrected chi connectivity index (χ1v) is 6.71. The van der Waals surface area contributed by atoms with Crippen LogP contribution in [0, 0.1) is 27.7 Å². The Morgan fingerprint density at radius 3 is 2.32 bits per heavy atom. The van der Waals surface area contributed by atoms with Crippen molar-refractivity contribution in [3.05, 3.63) is 40.1 Å². The highest BCUT2D eigenvalue weighted by Crippen LogP contribution is 2.30. The smallest absolute Gasteiger partial charge is 0.0797 e. The van der Waals surface area contributed by atoms with Gasteiger partial charge in [-0.05, 0) is 63.1 Å². The number of hydrogen-bond acceptors (Lipinski definition) is 2. The van der Waals surface area contributed by atoms with Crippen LogP contribution in [0.3, 0.4) is 0 Å². The fraction of sp³-hybridized carbons (Fsp3) is 0.438. The van der Waals surface area contributed by atoms with Crippen molar-refractivity contribution in [2.45, 2.75) is 34.2 Å². The van der Waals surface area contributed by atoms with Gasteiger partial charge in [0.25, 0.3) is 0 Å². The van der Waals surface area contributed by atoms with E-state index in [0.717, 1.165) is 12.2 Å². The van der Waals surface area contributed by atoms with Crippen molar-refractivity contribution < 1.29 is 0 Å². The largest absolute Gasteiger partial charge is 0.314 e. The molecule has 0 spiro atoms. The lowest BCUT2D eigenvalue weighted by Crippen LogP contribution is -2.06. The van der Waals surface area contributed by atoms with Crippen LogP contribution in [0.5, 0.6) is 0 Å². The molecule has 0 amide bonds. The Balaban J connectivity index is 2.62. The summed E-state index contributed by atoms with van der Waals surface area (Å²) < 4.78 is 2.00. The lowest BCUT2D eigenvalue weighted by molar-refractivity contribution is 0.715. The molecular weight excluding hydrogens is 234 g/mol. The van der Waals surface area contributed by atoms with E-state index in [0.29, 0.717) is 0 Å².